The summed E-state index contributed by atoms with van der Waals surface area (Å²) in [7, 11) is 0. The molecule has 1 atom stereocenters. The lowest BCUT2D eigenvalue weighted by Crippen LogP contribution is -2.45. The first-order valence-corrected chi connectivity index (χ1v) is 8.29. The van der Waals surface area contributed by atoms with Crippen LogP contribution in [0.15, 0.2) is 24.3 Å². The molecule has 0 aliphatic heterocycles. The Morgan fingerprint density at radius 2 is 1.76 bits per heavy atom. The van der Waals surface area contributed by atoms with Crippen molar-refractivity contribution in [2.75, 3.05) is 0 Å². The predicted octanol–water partition coefficient (Wildman–Crippen LogP) is 4.32. The minimum absolute atomic E-state index is 0.106. The van der Waals surface area contributed by atoms with Crippen LogP contribution in [0.1, 0.15) is 57.6 Å². The first kappa shape index (κ1) is 16.2. The summed E-state index contributed by atoms with van der Waals surface area (Å²) in [4.78, 5) is 0. The number of thiocarbonyl (C=S) groups is 1. The Balaban J connectivity index is 1.95. The fraction of sp³-hybridized carbons (Fsp3) is 0.588. The quantitative estimate of drug-likeness (QED) is 0.810. The summed E-state index contributed by atoms with van der Waals surface area (Å²) in [6.07, 6.45) is 6.30. The number of hydrogen-bond acceptors (Lipinski definition) is 1. The molecular formula is C17H25FN2S. The van der Waals surface area contributed by atoms with E-state index in [4.69, 9.17) is 12.2 Å². The third-order valence-corrected chi connectivity index (χ3v) is 4.36. The summed E-state index contributed by atoms with van der Waals surface area (Å²) in [6.45, 7) is 4.29. The third-order valence-electron chi connectivity index (χ3n) is 4.12. The second-order valence-electron chi connectivity index (χ2n) is 6.23. The molecule has 0 heterocycles. The van der Waals surface area contributed by atoms with E-state index in [0.717, 1.165) is 5.56 Å². The zero-order valence-electron chi connectivity index (χ0n) is 12.9. The zero-order chi connectivity index (χ0) is 15.2. The van der Waals surface area contributed by atoms with Gasteiger partial charge in [0.15, 0.2) is 5.11 Å². The number of rotatable bonds is 4. The Morgan fingerprint density at radius 1 is 1.14 bits per heavy atom. The molecule has 4 heteroatoms. The molecule has 2 N–H and O–H groups in total. The highest BCUT2D eigenvalue weighted by Gasteiger charge is 2.19. The van der Waals surface area contributed by atoms with Crippen LogP contribution in [0, 0.1) is 11.7 Å². The summed E-state index contributed by atoms with van der Waals surface area (Å²) >= 11 is 5.46. The highest BCUT2D eigenvalue weighted by molar-refractivity contribution is 7.80. The van der Waals surface area contributed by atoms with Crippen LogP contribution in [-0.4, -0.2) is 11.2 Å². The molecule has 0 bridgehead atoms. The fourth-order valence-corrected chi connectivity index (χ4v) is 3.21. The Bertz CT molecular complexity index is 452. The van der Waals surface area contributed by atoms with Crippen LogP contribution in [0.25, 0.3) is 0 Å². The molecule has 0 aromatic heterocycles. The van der Waals surface area contributed by atoms with E-state index in [1.165, 1.54) is 44.2 Å². The van der Waals surface area contributed by atoms with Gasteiger partial charge < -0.3 is 10.6 Å². The molecule has 1 saturated carbocycles. The van der Waals surface area contributed by atoms with Crippen molar-refractivity contribution in [1.29, 1.82) is 0 Å². The molecule has 1 aliphatic rings. The van der Waals surface area contributed by atoms with Gasteiger partial charge in [-0.1, -0.05) is 45.2 Å². The summed E-state index contributed by atoms with van der Waals surface area (Å²) in [6, 6.07) is 7.27. The molecule has 21 heavy (non-hydrogen) atoms. The van der Waals surface area contributed by atoms with Crippen molar-refractivity contribution >= 4 is 17.3 Å². The molecule has 1 aromatic rings. The molecular weight excluding hydrogens is 283 g/mol. The average molecular weight is 308 g/mol. The van der Waals surface area contributed by atoms with Gasteiger partial charge >= 0.3 is 0 Å². The van der Waals surface area contributed by atoms with Gasteiger partial charge in [0, 0.05) is 6.04 Å². The number of nitrogens with one attached hydrogen (secondary N) is 2. The molecule has 2 rings (SSSR count). The average Bonchev–Trinajstić information content (AvgIpc) is 2.47. The lowest BCUT2D eigenvalue weighted by atomic mass is 9.95. The summed E-state index contributed by atoms with van der Waals surface area (Å²) in [5.41, 5.74) is 1.07. The van der Waals surface area contributed by atoms with Gasteiger partial charge in [-0.25, -0.2) is 4.39 Å². The van der Waals surface area contributed by atoms with Gasteiger partial charge in [0.25, 0.3) is 0 Å². The van der Waals surface area contributed by atoms with Crippen molar-refractivity contribution in [3.63, 3.8) is 0 Å². The van der Waals surface area contributed by atoms with Gasteiger partial charge in [-0.2, -0.15) is 0 Å². The standard InChI is InChI=1S/C17H25FN2S/c1-12(2)16(13-8-10-14(18)11-9-13)20-17(21)19-15-6-4-3-5-7-15/h8-12,15-16H,3-7H2,1-2H3,(H2,19,20,21)/t16-/m0/s1. The van der Waals surface area contributed by atoms with Gasteiger partial charge in [0.1, 0.15) is 5.82 Å². The highest BCUT2D eigenvalue weighted by Crippen LogP contribution is 2.22. The van der Waals surface area contributed by atoms with Gasteiger partial charge in [-0.15, -0.1) is 0 Å². The lowest BCUT2D eigenvalue weighted by molar-refractivity contribution is 0.404. The molecule has 0 spiro atoms. The first-order valence-electron chi connectivity index (χ1n) is 7.89. The second kappa shape index (κ2) is 7.74. The molecule has 116 valence electrons. The van der Waals surface area contributed by atoms with Crippen LogP contribution >= 0.6 is 12.2 Å². The number of benzene rings is 1. The van der Waals surface area contributed by atoms with Crippen LogP contribution in [0.3, 0.4) is 0 Å². The maximum absolute atomic E-state index is 13.1. The zero-order valence-corrected chi connectivity index (χ0v) is 13.7. The highest BCUT2D eigenvalue weighted by atomic mass is 32.1. The molecule has 1 aliphatic carbocycles. The SMILES string of the molecule is CC(C)[C@H](NC(=S)NC1CCCCC1)c1ccc(F)cc1. The van der Waals surface area contributed by atoms with E-state index in [2.05, 4.69) is 24.5 Å². The van der Waals surface area contributed by atoms with Gasteiger partial charge in [0.05, 0.1) is 6.04 Å². The van der Waals surface area contributed by atoms with Crippen LogP contribution in [-0.2, 0) is 0 Å². The maximum Gasteiger partial charge on any atom is 0.167 e. The normalized spacial score (nSPS) is 17.5. The molecule has 0 radical (unpaired) electrons. The predicted molar refractivity (Wildman–Crippen MR) is 89.7 cm³/mol. The van der Waals surface area contributed by atoms with E-state index in [1.54, 1.807) is 0 Å². The van der Waals surface area contributed by atoms with E-state index in [9.17, 15) is 4.39 Å². The van der Waals surface area contributed by atoms with E-state index in [0.29, 0.717) is 17.1 Å². The first-order chi connectivity index (χ1) is 10.1. The Morgan fingerprint density at radius 3 is 2.33 bits per heavy atom. The van der Waals surface area contributed by atoms with Gasteiger partial charge in [-0.3, -0.25) is 0 Å². The molecule has 0 unspecified atom stereocenters. The Hall–Kier alpha value is -1.16. The van der Waals surface area contributed by atoms with E-state index < -0.39 is 0 Å². The lowest BCUT2D eigenvalue weighted by Gasteiger charge is -2.28. The fourth-order valence-electron chi connectivity index (χ4n) is 2.92. The van der Waals surface area contributed by atoms with E-state index in [1.807, 2.05) is 12.1 Å². The van der Waals surface area contributed by atoms with Crippen molar-refractivity contribution < 1.29 is 4.39 Å². The summed E-state index contributed by atoms with van der Waals surface area (Å²) in [5, 5.41) is 7.54. The number of hydrogen-bond donors (Lipinski definition) is 2. The van der Waals surface area contributed by atoms with Crippen LogP contribution in [0.4, 0.5) is 4.39 Å². The maximum atomic E-state index is 13.1. The van der Waals surface area contributed by atoms with Crippen LogP contribution in [0.5, 0.6) is 0 Å². The summed E-state index contributed by atoms with van der Waals surface area (Å²) < 4.78 is 13.1. The minimum atomic E-state index is -0.204. The topological polar surface area (TPSA) is 24.1 Å². The number of halogens is 1. The van der Waals surface area contributed by atoms with Crippen molar-refractivity contribution in [2.24, 2.45) is 5.92 Å². The monoisotopic (exact) mass is 308 g/mol. The molecule has 2 nitrogen and oxygen atoms in total. The molecule has 1 aromatic carbocycles. The largest absolute Gasteiger partial charge is 0.360 e. The van der Waals surface area contributed by atoms with Gasteiger partial charge in [-0.05, 0) is 48.7 Å². The van der Waals surface area contributed by atoms with E-state index in [-0.39, 0.29) is 11.9 Å². The Kier molecular flexibility index (Phi) is 5.97. The van der Waals surface area contributed by atoms with Crippen molar-refractivity contribution in [1.82, 2.24) is 10.6 Å². The molecule has 0 amide bonds. The third kappa shape index (κ3) is 4.95. The van der Waals surface area contributed by atoms with Crippen molar-refractivity contribution in [2.45, 2.75) is 58.0 Å². The minimum Gasteiger partial charge on any atom is -0.360 e. The second-order valence-corrected chi connectivity index (χ2v) is 6.63. The smallest absolute Gasteiger partial charge is 0.167 e. The van der Waals surface area contributed by atoms with Crippen LogP contribution < -0.4 is 10.6 Å². The van der Waals surface area contributed by atoms with Crippen LogP contribution in [0.2, 0.25) is 0 Å². The Labute approximate surface area is 132 Å². The van der Waals surface area contributed by atoms with Crippen molar-refractivity contribution in [3.05, 3.63) is 35.6 Å². The van der Waals surface area contributed by atoms with Gasteiger partial charge in [0.2, 0.25) is 0 Å². The van der Waals surface area contributed by atoms with E-state index >= 15 is 0 Å². The summed E-state index contributed by atoms with van der Waals surface area (Å²) in [5.74, 6) is 0.172. The molecule has 1 fully saturated rings. The van der Waals surface area contributed by atoms with Crippen molar-refractivity contribution in [3.8, 4) is 0 Å². The molecule has 0 saturated heterocycles.